The number of hydrogen-bond acceptors (Lipinski definition) is 8. The predicted molar refractivity (Wildman–Crippen MR) is 152 cm³/mol. The maximum atomic E-state index is 11.6. The number of carbonyl (C=O) groups excluding carboxylic acids is 2. The van der Waals surface area contributed by atoms with Crippen molar-refractivity contribution in [1.82, 2.24) is 0 Å². The van der Waals surface area contributed by atoms with Crippen molar-refractivity contribution in [2.24, 2.45) is 0 Å². The molecule has 0 bridgehead atoms. The number of esters is 2. The molecule has 0 saturated carbocycles. The first-order chi connectivity index (χ1) is 19.4. The van der Waals surface area contributed by atoms with Crippen molar-refractivity contribution >= 4 is 22.7 Å². The van der Waals surface area contributed by atoms with Crippen LogP contribution in [0, 0.1) is 0 Å². The molecule has 0 aliphatic rings. The van der Waals surface area contributed by atoms with Crippen molar-refractivity contribution in [3.05, 3.63) is 98.1 Å². The molecule has 0 fully saturated rings. The maximum absolute atomic E-state index is 11.6. The molecule has 0 atom stereocenters. The van der Waals surface area contributed by atoms with E-state index >= 15 is 0 Å². The molecule has 204 valence electrons. The lowest BCUT2D eigenvalue weighted by atomic mass is 10.00. The second kappa shape index (κ2) is 13.0. The Hall–Kier alpha value is -5.24. The van der Waals surface area contributed by atoms with Crippen LogP contribution in [-0.4, -0.2) is 39.4 Å². The normalized spacial score (nSPS) is 10.3. The fourth-order valence-electron chi connectivity index (χ4n) is 3.91. The van der Waals surface area contributed by atoms with Crippen molar-refractivity contribution in [2.75, 3.05) is 27.4 Å². The van der Waals surface area contributed by atoms with Gasteiger partial charge in [-0.05, 0) is 58.8 Å². The van der Waals surface area contributed by atoms with Gasteiger partial charge in [0.1, 0.15) is 36.2 Å². The third-order valence-corrected chi connectivity index (χ3v) is 5.81. The summed E-state index contributed by atoms with van der Waals surface area (Å²) in [5.74, 6) is 1.68. The van der Waals surface area contributed by atoms with Crippen LogP contribution in [0.4, 0.5) is 0 Å². The van der Waals surface area contributed by atoms with E-state index in [4.69, 9.17) is 28.4 Å². The summed E-state index contributed by atoms with van der Waals surface area (Å²) in [6.45, 7) is 7.38. The summed E-state index contributed by atoms with van der Waals surface area (Å²) in [6.07, 6.45) is 2.18. The van der Waals surface area contributed by atoms with Crippen molar-refractivity contribution in [3.63, 3.8) is 0 Å². The van der Waals surface area contributed by atoms with Crippen molar-refractivity contribution in [3.8, 4) is 45.6 Å². The Morgan fingerprint density at radius 2 is 1.20 bits per heavy atom. The number of hydrogen-bond donors (Lipinski definition) is 0. The molecule has 4 aromatic carbocycles. The van der Waals surface area contributed by atoms with E-state index in [1.807, 2.05) is 36.4 Å². The minimum Gasteiger partial charge on any atom is -0.496 e. The number of fused-ring (bicyclic) bond motifs is 1. The Kier molecular flexibility index (Phi) is 9.04. The Morgan fingerprint density at radius 3 is 1.90 bits per heavy atom. The lowest BCUT2D eigenvalue weighted by molar-refractivity contribution is -0.129. The van der Waals surface area contributed by atoms with Crippen molar-refractivity contribution in [2.45, 2.75) is 0 Å². The molecule has 8 heteroatoms. The Bertz CT molecular complexity index is 1560. The fraction of sp³-hybridized carbons (Fsp3) is 0.125. The number of methoxy groups -OCH3 is 2. The highest BCUT2D eigenvalue weighted by Gasteiger charge is 2.12. The predicted octanol–water partition coefficient (Wildman–Crippen LogP) is 6.16. The van der Waals surface area contributed by atoms with E-state index in [2.05, 4.69) is 19.2 Å². The van der Waals surface area contributed by atoms with E-state index in [9.17, 15) is 9.59 Å². The zero-order valence-corrected chi connectivity index (χ0v) is 22.2. The van der Waals surface area contributed by atoms with Gasteiger partial charge in [-0.3, -0.25) is 0 Å². The van der Waals surface area contributed by atoms with Gasteiger partial charge in [0.25, 0.3) is 0 Å². The van der Waals surface area contributed by atoms with Gasteiger partial charge in [0.15, 0.2) is 11.5 Å². The van der Waals surface area contributed by atoms with E-state index in [0.29, 0.717) is 35.4 Å². The number of rotatable bonds is 12. The van der Waals surface area contributed by atoms with Crippen LogP contribution in [0.5, 0.6) is 34.5 Å². The molecule has 0 heterocycles. The Morgan fingerprint density at radius 1 is 0.625 bits per heavy atom. The summed E-state index contributed by atoms with van der Waals surface area (Å²) in [7, 11) is 3.05. The summed E-state index contributed by atoms with van der Waals surface area (Å²) < 4.78 is 32.8. The van der Waals surface area contributed by atoms with Gasteiger partial charge >= 0.3 is 11.9 Å². The minimum absolute atomic E-state index is 0.240. The molecule has 4 rings (SSSR count). The Balaban J connectivity index is 1.40. The summed E-state index contributed by atoms with van der Waals surface area (Å²) >= 11 is 0. The van der Waals surface area contributed by atoms with Gasteiger partial charge in [0.05, 0.1) is 14.2 Å². The summed E-state index contributed by atoms with van der Waals surface area (Å²) in [5.41, 5.74) is 1.81. The summed E-state index contributed by atoms with van der Waals surface area (Å²) in [4.78, 5) is 23.1. The summed E-state index contributed by atoms with van der Waals surface area (Å²) in [6, 6.07) is 22.0. The van der Waals surface area contributed by atoms with Gasteiger partial charge in [-0.1, -0.05) is 31.4 Å². The molecular formula is C32H28O8. The van der Waals surface area contributed by atoms with Crippen molar-refractivity contribution in [1.29, 1.82) is 0 Å². The first-order valence-corrected chi connectivity index (χ1v) is 12.3. The zero-order valence-electron chi connectivity index (χ0n) is 22.2. The molecule has 0 unspecified atom stereocenters. The second-order valence-electron chi connectivity index (χ2n) is 8.35. The van der Waals surface area contributed by atoms with Crippen LogP contribution in [0.1, 0.15) is 0 Å². The Labute approximate surface area is 232 Å². The van der Waals surface area contributed by atoms with Gasteiger partial charge in [0.2, 0.25) is 0 Å². The molecular weight excluding hydrogens is 512 g/mol. The minimum atomic E-state index is -0.592. The highest BCUT2D eigenvalue weighted by molar-refractivity contribution is 5.90. The van der Waals surface area contributed by atoms with Crippen LogP contribution in [-0.2, 0) is 9.59 Å². The lowest BCUT2D eigenvalue weighted by Crippen LogP contribution is -2.09. The molecule has 0 aromatic heterocycles. The summed E-state index contributed by atoms with van der Waals surface area (Å²) in [5, 5.41) is 2.02. The molecule has 0 aliphatic heterocycles. The van der Waals surface area contributed by atoms with Gasteiger partial charge in [0, 0.05) is 29.8 Å². The third kappa shape index (κ3) is 6.79. The van der Waals surface area contributed by atoms with Gasteiger partial charge < -0.3 is 28.4 Å². The third-order valence-electron chi connectivity index (χ3n) is 5.81. The lowest BCUT2D eigenvalue weighted by Gasteiger charge is -2.13. The molecule has 0 spiro atoms. The van der Waals surface area contributed by atoms with E-state index in [0.717, 1.165) is 34.1 Å². The van der Waals surface area contributed by atoms with E-state index in [1.54, 1.807) is 37.4 Å². The maximum Gasteiger partial charge on any atom is 0.335 e. The van der Waals surface area contributed by atoms with Crippen LogP contribution < -0.4 is 28.4 Å². The smallest absolute Gasteiger partial charge is 0.335 e. The molecule has 0 saturated heterocycles. The number of ether oxygens (including phenoxy) is 6. The zero-order chi connectivity index (χ0) is 28.5. The standard InChI is InChI=1S/C32H28O8/c1-5-31(33)39-26-11-13-27(29(20-26)36-4)23-8-7-22-18-24(10-9-21(22)17-23)37-15-16-38-25-12-14-28(35-3)30(19-25)40-32(34)6-2/h5-14,17-20H,1-2,15-16H2,3-4H3. The average Bonchev–Trinajstić information content (AvgIpc) is 2.98. The van der Waals surface area contributed by atoms with E-state index in [1.165, 1.54) is 7.11 Å². The quantitative estimate of drug-likeness (QED) is 0.0913. The average molecular weight is 541 g/mol. The molecule has 0 amide bonds. The molecule has 0 radical (unpaired) electrons. The molecule has 4 aromatic rings. The largest absolute Gasteiger partial charge is 0.496 e. The molecule has 0 aliphatic carbocycles. The number of benzene rings is 4. The highest BCUT2D eigenvalue weighted by Crippen LogP contribution is 2.36. The van der Waals surface area contributed by atoms with Crippen LogP contribution in [0.25, 0.3) is 21.9 Å². The van der Waals surface area contributed by atoms with Crippen LogP contribution in [0.2, 0.25) is 0 Å². The SMILES string of the molecule is C=CC(=O)Oc1ccc(-c2ccc3cc(OCCOc4ccc(OC)c(OC(=O)C=C)c4)ccc3c2)c(OC)c1. The monoisotopic (exact) mass is 540 g/mol. The first-order valence-electron chi connectivity index (χ1n) is 12.3. The van der Waals surface area contributed by atoms with E-state index < -0.39 is 11.9 Å². The highest BCUT2D eigenvalue weighted by atomic mass is 16.6. The van der Waals surface area contributed by atoms with Crippen LogP contribution in [0.3, 0.4) is 0 Å². The first kappa shape index (κ1) is 27.8. The second-order valence-corrected chi connectivity index (χ2v) is 8.35. The molecule has 0 N–H and O–H groups in total. The molecule has 8 nitrogen and oxygen atoms in total. The topological polar surface area (TPSA) is 89.5 Å². The number of carbonyl (C=O) groups is 2. The van der Waals surface area contributed by atoms with Crippen LogP contribution in [0.15, 0.2) is 98.1 Å². The van der Waals surface area contributed by atoms with Crippen LogP contribution >= 0.6 is 0 Å². The van der Waals surface area contributed by atoms with Crippen molar-refractivity contribution < 1.29 is 38.0 Å². The molecule has 40 heavy (non-hydrogen) atoms. The fourth-order valence-corrected chi connectivity index (χ4v) is 3.91. The van der Waals surface area contributed by atoms with E-state index in [-0.39, 0.29) is 12.4 Å². The van der Waals surface area contributed by atoms with Gasteiger partial charge in [-0.2, -0.15) is 0 Å². The van der Waals surface area contributed by atoms with Gasteiger partial charge in [-0.15, -0.1) is 0 Å². The van der Waals surface area contributed by atoms with Gasteiger partial charge in [-0.25, -0.2) is 9.59 Å².